The van der Waals surface area contributed by atoms with Crippen LogP contribution < -0.4 is 16.0 Å². The van der Waals surface area contributed by atoms with Crippen molar-refractivity contribution in [3.63, 3.8) is 0 Å². The monoisotopic (exact) mass is 260 g/mol. The largest absolute Gasteiger partial charge is 0.494 e. The van der Waals surface area contributed by atoms with Crippen LogP contribution in [0.15, 0.2) is 24.3 Å². The smallest absolute Gasteiger partial charge is 0.269 e. The van der Waals surface area contributed by atoms with E-state index < -0.39 is 0 Å². The minimum atomic E-state index is -0.366. The molecular formula is C13H16N4O2. The molecule has 19 heavy (non-hydrogen) atoms. The molecule has 0 unspecified atom stereocenters. The lowest BCUT2D eigenvalue weighted by molar-refractivity contribution is 0.0954. The molecule has 0 fully saturated rings. The van der Waals surface area contributed by atoms with Crippen molar-refractivity contribution in [3.05, 3.63) is 35.5 Å². The molecule has 0 aliphatic rings. The highest BCUT2D eigenvalue weighted by molar-refractivity contribution is 6.00. The van der Waals surface area contributed by atoms with Gasteiger partial charge in [0.05, 0.1) is 12.2 Å². The van der Waals surface area contributed by atoms with Crippen LogP contribution >= 0.6 is 0 Å². The SMILES string of the molecule is CCOc1ccc(-c2n[nH]c(C)c2C(=O)NN)cc1. The van der Waals surface area contributed by atoms with Crippen LogP contribution in [0.1, 0.15) is 23.0 Å². The van der Waals surface area contributed by atoms with E-state index in [0.717, 1.165) is 11.3 Å². The Morgan fingerprint density at radius 1 is 1.42 bits per heavy atom. The summed E-state index contributed by atoms with van der Waals surface area (Å²) in [6.45, 7) is 4.31. The summed E-state index contributed by atoms with van der Waals surface area (Å²) in [5.41, 5.74) is 4.65. The predicted octanol–water partition coefficient (Wildman–Crippen LogP) is 1.39. The van der Waals surface area contributed by atoms with E-state index in [-0.39, 0.29) is 5.91 Å². The van der Waals surface area contributed by atoms with Crippen molar-refractivity contribution < 1.29 is 9.53 Å². The van der Waals surface area contributed by atoms with Gasteiger partial charge in [-0.2, -0.15) is 5.10 Å². The van der Waals surface area contributed by atoms with Crippen LogP contribution in [0.5, 0.6) is 5.75 Å². The fraction of sp³-hybridized carbons (Fsp3) is 0.231. The van der Waals surface area contributed by atoms with Crippen LogP contribution in [0.3, 0.4) is 0 Å². The van der Waals surface area contributed by atoms with Gasteiger partial charge in [0.15, 0.2) is 0 Å². The molecule has 100 valence electrons. The Kier molecular flexibility index (Phi) is 3.82. The van der Waals surface area contributed by atoms with Gasteiger partial charge >= 0.3 is 0 Å². The number of hydrogen-bond donors (Lipinski definition) is 3. The van der Waals surface area contributed by atoms with Gasteiger partial charge in [0.1, 0.15) is 11.4 Å². The molecule has 0 radical (unpaired) electrons. The number of benzene rings is 1. The summed E-state index contributed by atoms with van der Waals surface area (Å²) in [4.78, 5) is 11.7. The Labute approximate surface area is 110 Å². The molecule has 2 aromatic rings. The molecular weight excluding hydrogens is 244 g/mol. The second-order valence-corrected chi connectivity index (χ2v) is 4.00. The molecule has 0 bridgehead atoms. The van der Waals surface area contributed by atoms with Gasteiger partial charge in [-0.1, -0.05) is 0 Å². The van der Waals surface area contributed by atoms with E-state index in [9.17, 15) is 4.79 Å². The molecule has 1 amide bonds. The molecule has 4 N–H and O–H groups in total. The van der Waals surface area contributed by atoms with Gasteiger partial charge < -0.3 is 4.74 Å². The second-order valence-electron chi connectivity index (χ2n) is 4.00. The minimum Gasteiger partial charge on any atom is -0.494 e. The summed E-state index contributed by atoms with van der Waals surface area (Å²) < 4.78 is 5.37. The molecule has 0 atom stereocenters. The third kappa shape index (κ3) is 2.58. The number of H-pyrrole nitrogens is 1. The van der Waals surface area contributed by atoms with Crippen LogP contribution in [-0.4, -0.2) is 22.7 Å². The highest BCUT2D eigenvalue weighted by atomic mass is 16.5. The van der Waals surface area contributed by atoms with Crippen LogP contribution in [-0.2, 0) is 0 Å². The summed E-state index contributed by atoms with van der Waals surface area (Å²) in [6.07, 6.45) is 0. The fourth-order valence-corrected chi connectivity index (χ4v) is 1.86. The molecule has 0 aliphatic heterocycles. The van der Waals surface area contributed by atoms with Crippen molar-refractivity contribution in [1.82, 2.24) is 15.6 Å². The zero-order valence-electron chi connectivity index (χ0n) is 10.9. The van der Waals surface area contributed by atoms with Gasteiger partial charge in [0.25, 0.3) is 5.91 Å². The van der Waals surface area contributed by atoms with Gasteiger partial charge in [0, 0.05) is 11.3 Å². The quantitative estimate of drug-likeness (QED) is 0.440. The number of nitrogens with zero attached hydrogens (tertiary/aromatic N) is 1. The van der Waals surface area contributed by atoms with Gasteiger partial charge in [-0.3, -0.25) is 15.3 Å². The molecule has 0 spiro atoms. The zero-order chi connectivity index (χ0) is 13.8. The number of rotatable bonds is 4. The Morgan fingerprint density at radius 2 is 2.11 bits per heavy atom. The predicted molar refractivity (Wildman–Crippen MR) is 71.6 cm³/mol. The molecule has 0 saturated heterocycles. The van der Waals surface area contributed by atoms with Crippen LogP contribution in [0, 0.1) is 6.92 Å². The van der Waals surface area contributed by atoms with E-state index in [1.165, 1.54) is 0 Å². The zero-order valence-corrected chi connectivity index (χ0v) is 10.9. The number of nitrogens with one attached hydrogen (secondary N) is 2. The topological polar surface area (TPSA) is 93.0 Å². The van der Waals surface area contributed by atoms with E-state index in [0.29, 0.717) is 23.6 Å². The third-order valence-electron chi connectivity index (χ3n) is 2.74. The maximum atomic E-state index is 11.7. The van der Waals surface area contributed by atoms with Crippen LogP contribution in [0.25, 0.3) is 11.3 Å². The van der Waals surface area contributed by atoms with Crippen LogP contribution in [0.2, 0.25) is 0 Å². The Balaban J connectivity index is 2.39. The van der Waals surface area contributed by atoms with Crippen molar-refractivity contribution in [3.8, 4) is 17.0 Å². The van der Waals surface area contributed by atoms with E-state index in [4.69, 9.17) is 10.6 Å². The standard InChI is InChI=1S/C13H16N4O2/c1-3-19-10-6-4-9(5-7-10)12-11(13(18)15-14)8(2)16-17-12/h4-7H,3,14H2,1-2H3,(H,15,18)(H,16,17). The summed E-state index contributed by atoms with van der Waals surface area (Å²) in [6, 6.07) is 7.39. The minimum absolute atomic E-state index is 0.366. The fourth-order valence-electron chi connectivity index (χ4n) is 1.86. The number of aromatic amines is 1. The average molecular weight is 260 g/mol. The molecule has 1 aromatic heterocycles. The molecule has 0 aliphatic carbocycles. The number of carbonyl (C=O) groups excluding carboxylic acids is 1. The third-order valence-corrected chi connectivity index (χ3v) is 2.74. The molecule has 2 rings (SSSR count). The Bertz CT molecular complexity index is 575. The number of ether oxygens (including phenoxy) is 1. The van der Waals surface area contributed by atoms with Crippen molar-refractivity contribution in [2.45, 2.75) is 13.8 Å². The molecule has 6 nitrogen and oxygen atoms in total. The number of aryl methyl sites for hydroxylation is 1. The number of carbonyl (C=O) groups is 1. The number of nitrogens with two attached hydrogens (primary N) is 1. The van der Waals surface area contributed by atoms with Crippen LogP contribution in [0.4, 0.5) is 0 Å². The van der Waals surface area contributed by atoms with Crippen molar-refractivity contribution >= 4 is 5.91 Å². The summed E-state index contributed by atoms with van der Waals surface area (Å²) in [5, 5.41) is 6.94. The number of aromatic nitrogens is 2. The van der Waals surface area contributed by atoms with Gasteiger partial charge in [-0.15, -0.1) is 0 Å². The Hall–Kier alpha value is -2.34. The molecule has 1 heterocycles. The maximum absolute atomic E-state index is 11.7. The van der Waals surface area contributed by atoms with E-state index >= 15 is 0 Å². The highest BCUT2D eigenvalue weighted by Gasteiger charge is 2.18. The first kappa shape index (κ1) is 13.1. The van der Waals surface area contributed by atoms with E-state index in [2.05, 4.69) is 15.6 Å². The normalized spacial score (nSPS) is 10.3. The number of hydrazine groups is 1. The first-order valence-electron chi connectivity index (χ1n) is 5.96. The summed E-state index contributed by atoms with van der Waals surface area (Å²) in [5.74, 6) is 5.60. The Morgan fingerprint density at radius 3 is 2.68 bits per heavy atom. The van der Waals surface area contributed by atoms with Gasteiger partial charge in [0.2, 0.25) is 0 Å². The van der Waals surface area contributed by atoms with Gasteiger partial charge in [-0.25, -0.2) is 5.84 Å². The first-order chi connectivity index (χ1) is 9.17. The summed E-state index contributed by atoms with van der Waals surface area (Å²) in [7, 11) is 0. The molecule has 6 heteroatoms. The van der Waals surface area contributed by atoms with E-state index in [1.807, 2.05) is 31.2 Å². The van der Waals surface area contributed by atoms with E-state index in [1.54, 1.807) is 6.92 Å². The van der Waals surface area contributed by atoms with Crippen molar-refractivity contribution in [2.24, 2.45) is 5.84 Å². The lowest BCUT2D eigenvalue weighted by atomic mass is 10.1. The highest BCUT2D eigenvalue weighted by Crippen LogP contribution is 2.25. The lowest BCUT2D eigenvalue weighted by Gasteiger charge is -2.05. The van der Waals surface area contributed by atoms with Crippen molar-refractivity contribution in [1.29, 1.82) is 0 Å². The molecule has 0 saturated carbocycles. The summed E-state index contributed by atoms with van der Waals surface area (Å²) >= 11 is 0. The number of nitrogen functional groups attached to an aromatic ring is 1. The number of hydrogen-bond acceptors (Lipinski definition) is 4. The average Bonchev–Trinajstić information content (AvgIpc) is 2.81. The van der Waals surface area contributed by atoms with Gasteiger partial charge in [-0.05, 0) is 38.1 Å². The van der Waals surface area contributed by atoms with Crippen molar-refractivity contribution in [2.75, 3.05) is 6.61 Å². The second kappa shape index (κ2) is 5.53. The maximum Gasteiger partial charge on any atom is 0.269 e. The molecule has 1 aromatic carbocycles. The first-order valence-corrected chi connectivity index (χ1v) is 5.96. The lowest BCUT2D eigenvalue weighted by Crippen LogP contribution is -2.30. The number of amides is 1.